The fourth-order valence-electron chi connectivity index (χ4n) is 3.33. The summed E-state index contributed by atoms with van der Waals surface area (Å²) in [5.41, 5.74) is 7.80. The summed E-state index contributed by atoms with van der Waals surface area (Å²) in [5.74, 6) is -0.397. The van der Waals surface area contributed by atoms with Gasteiger partial charge >= 0.3 is 6.18 Å². The number of rotatable bonds is 3. The number of hydrogen-bond donors (Lipinski definition) is 2. The molecule has 0 bridgehead atoms. The van der Waals surface area contributed by atoms with E-state index in [0.29, 0.717) is 16.6 Å². The fraction of sp³-hybridized carbons (Fsp3) is 0.0870. The minimum Gasteiger partial charge on any atom is -0.368 e. The number of halogens is 4. The molecule has 0 aliphatic rings. The number of nitrogens with zero attached hydrogens (tertiary/aromatic N) is 2. The zero-order chi connectivity index (χ0) is 23.0. The van der Waals surface area contributed by atoms with Crippen LogP contribution >= 0.6 is 11.6 Å². The highest BCUT2D eigenvalue weighted by atomic mass is 35.5. The molecule has 0 aliphatic carbocycles. The summed E-state index contributed by atoms with van der Waals surface area (Å²) < 4.78 is 39.5. The van der Waals surface area contributed by atoms with E-state index in [1.807, 2.05) is 19.1 Å². The SMILES string of the molecule is Cc1ccc(C(=O)Nc2ccc(Cl)c(C(F)(F)F)c2)c(-c2ccc3nc(N)ncc3c2)c1. The predicted octanol–water partition coefficient (Wildman–Crippen LogP) is 6.11. The number of carbonyl (C=O) groups excluding carboxylic acids is 1. The van der Waals surface area contributed by atoms with Gasteiger partial charge in [-0.3, -0.25) is 4.79 Å². The normalized spacial score (nSPS) is 11.5. The standard InChI is InChI=1S/C23H16ClF3N4O/c1-12-2-5-16(21(32)30-15-4-6-19(24)18(10-15)23(25,26)27)17(8-12)13-3-7-20-14(9-13)11-29-22(28)31-20/h2-11H,1H3,(H,30,32)(H2,28,29,31). The number of carbonyl (C=O) groups is 1. The summed E-state index contributed by atoms with van der Waals surface area (Å²) in [6.07, 6.45) is -3.05. The molecule has 3 N–H and O–H groups in total. The Hall–Kier alpha value is -3.65. The van der Waals surface area contributed by atoms with Crippen molar-refractivity contribution in [1.82, 2.24) is 9.97 Å². The second-order valence-electron chi connectivity index (χ2n) is 7.20. The Balaban J connectivity index is 1.73. The summed E-state index contributed by atoms with van der Waals surface area (Å²) in [6.45, 7) is 1.88. The average molecular weight is 457 g/mol. The maximum absolute atomic E-state index is 13.2. The summed E-state index contributed by atoms with van der Waals surface area (Å²) in [6, 6.07) is 13.8. The van der Waals surface area contributed by atoms with Gasteiger partial charge in [0.05, 0.1) is 16.1 Å². The quantitative estimate of drug-likeness (QED) is 0.389. The molecule has 0 spiro atoms. The van der Waals surface area contributed by atoms with Crippen LogP contribution in [0.5, 0.6) is 0 Å². The van der Waals surface area contributed by atoms with Crippen molar-refractivity contribution >= 4 is 40.0 Å². The van der Waals surface area contributed by atoms with Crippen LogP contribution in [-0.2, 0) is 6.18 Å². The van der Waals surface area contributed by atoms with Crippen LogP contribution in [0.15, 0.2) is 60.8 Å². The first-order valence-electron chi connectivity index (χ1n) is 9.43. The third-order valence-corrected chi connectivity index (χ3v) is 5.19. The smallest absolute Gasteiger partial charge is 0.368 e. The summed E-state index contributed by atoms with van der Waals surface area (Å²) in [7, 11) is 0. The molecule has 0 saturated carbocycles. The Bertz CT molecular complexity index is 1360. The highest BCUT2D eigenvalue weighted by Crippen LogP contribution is 2.36. The molecule has 0 unspecified atom stereocenters. The average Bonchev–Trinajstić information content (AvgIpc) is 2.73. The highest BCUT2D eigenvalue weighted by Gasteiger charge is 2.33. The van der Waals surface area contributed by atoms with E-state index in [2.05, 4.69) is 15.3 Å². The van der Waals surface area contributed by atoms with Crippen molar-refractivity contribution in [2.24, 2.45) is 0 Å². The number of anilines is 2. The van der Waals surface area contributed by atoms with Crippen molar-refractivity contribution in [3.63, 3.8) is 0 Å². The van der Waals surface area contributed by atoms with E-state index >= 15 is 0 Å². The molecular weight excluding hydrogens is 441 g/mol. The zero-order valence-electron chi connectivity index (χ0n) is 16.7. The summed E-state index contributed by atoms with van der Waals surface area (Å²) in [5, 5.41) is 2.83. The van der Waals surface area contributed by atoms with Crippen LogP contribution in [0.4, 0.5) is 24.8 Å². The van der Waals surface area contributed by atoms with Crippen LogP contribution in [0.1, 0.15) is 21.5 Å². The van der Waals surface area contributed by atoms with Gasteiger partial charge in [0.25, 0.3) is 5.91 Å². The van der Waals surface area contributed by atoms with Gasteiger partial charge in [0, 0.05) is 22.8 Å². The molecular formula is C23H16ClF3N4O. The molecule has 0 atom stereocenters. The Labute approximate surface area is 186 Å². The monoisotopic (exact) mass is 456 g/mol. The minimum atomic E-state index is -4.64. The molecule has 4 rings (SSSR count). The van der Waals surface area contributed by atoms with Crippen molar-refractivity contribution in [2.45, 2.75) is 13.1 Å². The predicted molar refractivity (Wildman–Crippen MR) is 119 cm³/mol. The van der Waals surface area contributed by atoms with E-state index in [-0.39, 0.29) is 11.6 Å². The molecule has 1 aromatic heterocycles. The molecule has 0 aliphatic heterocycles. The van der Waals surface area contributed by atoms with Gasteiger partial charge in [0.2, 0.25) is 5.95 Å². The lowest BCUT2D eigenvalue weighted by atomic mass is 9.96. The van der Waals surface area contributed by atoms with Crippen molar-refractivity contribution in [1.29, 1.82) is 0 Å². The lowest BCUT2D eigenvalue weighted by Gasteiger charge is -2.14. The number of aryl methyl sites for hydroxylation is 1. The largest absolute Gasteiger partial charge is 0.417 e. The van der Waals surface area contributed by atoms with Gasteiger partial charge in [0.1, 0.15) is 0 Å². The first-order chi connectivity index (χ1) is 15.1. The summed E-state index contributed by atoms with van der Waals surface area (Å²) >= 11 is 5.66. The second-order valence-corrected chi connectivity index (χ2v) is 7.60. The Morgan fingerprint density at radius 2 is 1.84 bits per heavy atom. The number of fused-ring (bicyclic) bond motifs is 1. The molecule has 1 heterocycles. The number of nitrogen functional groups attached to an aromatic ring is 1. The van der Waals surface area contributed by atoms with Crippen LogP contribution in [0.2, 0.25) is 5.02 Å². The third kappa shape index (κ3) is 4.36. The number of nitrogens with one attached hydrogen (secondary N) is 1. The fourth-order valence-corrected chi connectivity index (χ4v) is 3.55. The van der Waals surface area contributed by atoms with E-state index in [0.717, 1.165) is 28.6 Å². The molecule has 32 heavy (non-hydrogen) atoms. The number of alkyl halides is 3. The second kappa shape index (κ2) is 8.12. The van der Waals surface area contributed by atoms with Gasteiger partial charge < -0.3 is 11.1 Å². The van der Waals surface area contributed by atoms with Gasteiger partial charge in [0.15, 0.2) is 0 Å². The highest BCUT2D eigenvalue weighted by molar-refractivity contribution is 6.31. The number of nitrogens with two attached hydrogens (primary N) is 1. The molecule has 0 fully saturated rings. The molecule has 0 radical (unpaired) electrons. The first kappa shape index (κ1) is 21.6. The lowest BCUT2D eigenvalue weighted by molar-refractivity contribution is -0.137. The third-order valence-electron chi connectivity index (χ3n) is 4.86. The minimum absolute atomic E-state index is 0.0133. The molecule has 162 valence electrons. The number of hydrogen-bond acceptors (Lipinski definition) is 4. The number of benzene rings is 3. The molecule has 3 aromatic carbocycles. The molecule has 1 amide bonds. The summed E-state index contributed by atoms with van der Waals surface area (Å²) in [4.78, 5) is 21.2. The first-order valence-corrected chi connectivity index (χ1v) is 9.81. The Morgan fingerprint density at radius 1 is 1.06 bits per heavy atom. The number of amides is 1. The van der Waals surface area contributed by atoms with E-state index in [9.17, 15) is 18.0 Å². The lowest BCUT2D eigenvalue weighted by Crippen LogP contribution is -2.14. The van der Waals surface area contributed by atoms with E-state index < -0.39 is 22.7 Å². The van der Waals surface area contributed by atoms with Crippen LogP contribution in [0.3, 0.4) is 0 Å². The van der Waals surface area contributed by atoms with Crippen LogP contribution in [-0.4, -0.2) is 15.9 Å². The Morgan fingerprint density at radius 3 is 2.59 bits per heavy atom. The van der Waals surface area contributed by atoms with E-state index in [1.165, 1.54) is 6.07 Å². The van der Waals surface area contributed by atoms with Crippen LogP contribution in [0.25, 0.3) is 22.0 Å². The van der Waals surface area contributed by atoms with Crippen molar-refractivity contribution in [3.05, 3.63) is 82.5 Å². The van der Waals surface area contributed by atoms with E-state index in [4.69, 9.17) is 17.3 Å². The van der Waals surface area contributed by atoms with Crippen LogP contribution in [0, 0.1) is 6.92 Å². The molecule has 4 aromatic rings. The topological polar surface area (TPSA) is 80.9 Å². The molecule has 0 saturated heterocycles. The molecule has 5 nitrogen and oxygen atoms in total. The van der Waals surface area contributed by atoms with Gasteiger partial charge in [-0.05, 0) is 54.4 Å². The maximum Gasteiger partial charge on any atom is 0.417 e. The van der Waals surface area contributed by atoms with Crippen molar-refractivity contribution in [3.8, 4) is 11.1 Å². The van der Waals surface area contributed by atoms with Gasteiger partial charge in [-0.15, -0.1) is 0 Å². The van der Waals surface area contributed by atoms with Crippen molar-refractivity contribution in [2.75, 3.05) is 11.1 Å². The zero-order valence-corrected chi connectivity index (χ0v) is 17.4. The van der Waals surface area contributed by atoms with Gasteiger partial charge in [-0.1, -0.05) is 35.4 Å². The van der Waals surface area contributed by atoms with E-state index in [1.54, 1.807) is 30.5 Å². The van der Waals surface area contributed by atoms with Crippen LogP contribution < -0.4 is 11.1 Å². The maximum atomic E-state index is 13.2. The Kier molecular flexibility index (Phi) is 5.48. The number of aromatic nitrogens is 2. The van der Waals surface area contributed by atoms with Gasteiger partial charge in [-0.25, -0.2) is 9.97 Å². The molecule has 9 heteroatoms. The van der Waals surface area contributed by atoms with Gasteiger partial charge in [-0.2, -0.15) is 13.2 Å². The van der Waals surface area contributed by atoms with Crippen molar-refractivity contribution < 1.29 is 18.0 Å².